The van der Waals surface area contributed by atoms with Crippen molar-refractivity contribution < 1.29 is 5.11 Å². The van der Waals surface area contributed by atoms with Crippen molar-refractivity contribution in [2.75, 3.05) is 13.2 Å². The monoisotopic (exact) mass is 213 g/mol. The maximum Gasteiger partial charge on any atom is 0.0431 e. The second kappa shape index (κ2) is 6.49. The van der Waals surface area contributed by atoms with Crippen LogP contribution in [0.2, 0.25) is 0 Å². The van der Waals surface area contributed by atoms with Crippen LogP contribution >= 0.6 is 0 Å². The fourth-order valence-corrected chi connectivity index (χ4v) is 2.51. The van der Waals surface area contributed by atoms with Gasteiger partial charge in [0, 0.05) is 12.6 Å². The Balaban J connectivity index is 1.93. The van der Waals surface area contributed by atoms with Gasteiger partial charge >= 0.3 is 0 Å². The minimum absolute atomic E-state index is 0.351. The van der Waals surface area contributed by atoms with Gasteiger partial charge in [0.15, 0.2) is 0 Å². The van der Waals surface area contributed by atoms with E-state index in [2.05, 4.69) is 19.2 Å². The van der Waals surface area contributed by atoms with Crippen molar-refractivity contribution in [1.29, 1.82) is 0 Å². The van der Waals surface area contributed by atoms with Gasteiger partial charge in [0.05, 0.1) is 0 Å². The number of hydrogen-bond donors (Lipinski definition) is 2. The lowest BCUT2D eigenvalue weighted by Gasteiger charge is -2.17. The molecular weight excluding hydrogens is 186 g/mol. The van der Waals surface area contributed by atoms with Crippen LogP contribution in [0.3, 0.4) is 0 Å². The molecule has 0 heterocycles. The SMILES string of the molecule is CC1(C)CCC(NCCCCCCO)C1. The van der Waals surface area contributed by atoms with E-state index in [1.165, 1.54) is 38.5 Å². The summed E-state index contributed by atoms with van der Waals surface area (Å²) in [4.78, 5) is 0. The summed E-state index contributed by atoms with van der Waals surface area (Å²) in [7, 11) is 0. The highest BCUT2D eigenvalue weighted by atomic mass is 16.2. The second-order valence-electron chi connectivity index (χ2n) is 5.70. The van der Waals surface area contributed by atoms with Crippen molar-refractivity contribution in [3.05, 3.63) is 0 Å². The van der Waals surface area contributed by atoms with Crippen LogP contribution in [0.1, 0.15) is 58.8 Å². The fraction of sp³-hybridized carbons (Fsp3) is 1.00. The molecule has 0 aliphatic heterocycles. The van der Waals surface area contributed by atoms with Crippen molar-refractivity contribution in [3.8, 4) is 0 Å². The predicted octanol–water partition coefficient (Wildman–Crippen LogP) is 2.71. The Morgan fingerprint density at radius 1 is 1.20 bits per heavy atom. The average Bonchev–Trinajstić information content (AvgIpc) is 2.52. The van der Waals surface area contributed by atoms with Crippen molar-refractivity contribution >= 4 is 0 Å². The zero-order valence-electron chi connectivity index (χ0n) is 10.4. The Bertz CT molecular complexity index is 168. The van der Waals surface area contributed by atoms with Gasteiger partial charge in [0.25, 0.3) is 0 Å². The van der Waals surface area contributed by atoms with Crippen LogP contribution in [-0.4, -0.2) is 24.3 Å². The lowest BCUT2D eigenvalue weighted by molar-refractivity contribution is 0.282. The van der Waals surface area contributed by atoms with Crippen molar-refractivity contribution in [2.24, 2.45) is 5.41 Å². The number of nitrogens with one attached hydrogen (secondary N) is 1. The predicted molar refractivity (Wildman–Crippen MR) is 65.0 cm³/mol. The number of rotatable bonds is 7. The Morgan fingerprint density at radius 3 is 2.53 bits per heavy atom. The van der Waals surface area contributed by atoms with Crippen LogP contribution < -0.4 is 5.32 Å². The quantitative estimate of drug-likeness (QED) is 0.637. The van der Waals surface area contributed by atoms with E-state index in [-0.39, 0.29) is 0 Å². The van der Waals surface area contributed by atoms with E-state index < -0.39 is 0 Å². The molecule has 0 radical (unpaired) electrons. The average molecular weight is 213 g/mol. The van der Waals surface area contributed by atoms with Gasteiger partial charge in [-0.15, -0.1) is 0 Å². The molecule has 1 saturated carbocycles. The van der Waals surface area contributed by atoms with Crippen LogP contribution in [0.5, 0.6) is 0 Å². The third-order valence-electron chi connectivity index (χ3n) is 3.49. The van der Waals surface area contributed by atoms with Crippen molar-refractivity contribution in [2.45, 2.75) is 64.8 Å². The highest BCUT2D eigenvalue weighted by molar-refractivity contribution is 4.86. The Labute approximate surface area is 94.5 Å². The van der Waals surface area contributed by atoms with E-state index >= 15 is 0 Å². The molecule has 0 bridgehead atoms. The van der Waals surface area contributed by atoms with E-state index in [0.29, 0.717) is 12.0 Å². The van der Waals surface area contributed by atoms with Crippen molar-refractivity contribution in [3.63, 3.8) is 0 Å². The number of hydrogen-bond acceptors (Lipinski definition) is 2. The summed E-state index contributed by atoms with van der Waals surface area (Å²) in [6, 6.07) is 0.762. The smallest absolute Gasteiger partial charge is 0.0431 e. The Kier molecular flexibility index (Phi) is 5.62. The molecule has 1 fully saturated rings. The summed E-state index contributed by atoms with van der Waals surface area (Å²) in [5.74, 6) is 0. The first-order chi connectivity index (χ1) is 7.14. The molecule has 0 amide bonds. The molecular formula is C13H27NO. The first-order valence-corrected chi connectivity index (χ1v) is 6.48. The zero-order valence-corrected chi connectivity index (χ0v) is 10.4. The van der Waals surface area contributed by atoms with E-state index in [1.54, 1.807) is 0 Å². The molecule has 0 aromatic rings. The third-order valence-corrected chi connectivity index (χ3v) is 3.49. The van der Waals surface area contributed by atoms with E-state index in [9.17, 15) is 0 Å². The zero-order chi connectivity index (χ0) is 11.1. The molecule has 1 aliphatic rings. The Hall–Kier alpha value is -0.0800. The van der Waals surface area contributed by atoms with Gasteiger partial charge in [0.1, 0.15) is 0 Å². The molecule has 1 unspecified atom stereocenters. The van der Waals surface area contributed by atoms with E-state index in [1.807, 2.05) is 0 Å². The fourth-order valence-electron chi connectivity index (χ4n) is 2.51. The maximum atomic E-state index is 8.64. The van der Waals surface area contributed by atoms with Crippen molar-refractivity contribution in [1.82, 2.24) is 5.32 Å². The molecule has 1 rings (SSSR count). The molecule has 0 spiro atoms. The minimum atomic E-state index is 0.351. The normalized spacial score (nSPS) is 24.6. The first kappa shape index (κ1) is 13.0. The highest BCUT2D eigenvalue weighted by Gasteiger charge is 2.30. The number of aliphatic hydroxyl groups excluding tert-OH is 1. The number of aliphatic hydroxyl groups is 1. The molecule has 0 aromatic heterocycles. The molecule has 1 atom stereocenters. The highest BCUT2D eigenvalue weighted by Crippen LogP contribution is 2.36. The van der Waals surface area contributed by atoms with Gasteiger partial charge in [-0.3, -0.25) is 0 Å². The molecule has 0 saturated heterocycles. The maximum absolute atomic E-state index is 8.64. The molecule has 0 aromatic carbocycles. The van der Waals surface area contributed by atoms with E-state index in [0.717, 1.165) is 19.0 Å². The summed E-state index contributed by atoms with van der Waals surface area (Å²) in [5.41, 5.74) is 0.564. The van der Waals surface area contributed by atoms with Gasteiger partial charge in [0.2, 0.25) is 0 Å². The topological polar surface area (TPSA) is 32.3 Å². The van der Waals surface area contributed by atoms with Gasteiger partial charge < -0.3 is 10.4 Å². The second-order valence-corrected chi connectivity index (χ2v) is 5.70. The van der Waals surface area contributed by atoms with Crippen LogP contribution in [0, 0.1) is 5.41 Å². The molecule has 2 heteroatoms. The largest absolute Gasteiger partial charge is 0.396 e. The summed E-state index contributed by atoms with van der Waals surface area (Å²) in [6.45, 7) is 6.25. The molecule has 1 aliphatic carbocycles. The lowest BCUT2D eigenvalue weighted by atomic mass is 9.92. The van der Waals surface area contributed by atoms with Crippen LogP contribution in [0.25, 0.3) is 0 Å². The molecule has 2 nitrogen and oxygen atoms in total. The Morgan fingerprint density at radius 2 is 1.93 bits per heavy atom. The standard InChI is InChI=1S/C13H27NO/c1-13(2)8-7-12(11-13)14-9-5-3-4-6-10-15/h12,14-15H,3-11H2,1-2H3. The summed E-state index contributed by atoms with van der Waals surface area (Å²) >= 11 is 0. The summed E-state index contributed by atoms with van der Waals surface area (Å²) < 4.78 is 0. The minimum Gasteiger partial charge on any atom is -0.396 e. The molecule has 15 heavy (non-hydrogen) atoms. The van der Waals surface area contributed by atoms with Crippen LogP contribution in [-0.2, 0) is 0 Å². The van der Waals surface area contributed by atoms with Crippen LogP contribution in [0.4, 0.5) is 0 Å². The molecule has 90 valence electrons. The van der Waals surface area contributed by atoms with Gasteiger partial charge in [-0.25, -0.2) is 0 Å². The van der Waals surface area contributed by atoms with E-state index in [4.69, 9.17) is 5.11 Å². The summed E-state index contributed by atoms with van der Waals surface area (Å²) in [6.07, 6.45) is 8.72. The molecule has 2 N–H and O–H groups in total. The van der Waals surface area contributed by atoms with Gasteiger partial charge in [-0.2, -0.15) is 0 Å². The lowest BCUT2D eigenvalue weighted by Crippen LogP contribution is -2.28. The van der Waals surface area contributed by atoms with Gasteiger partial charge in [-0.1, -0.05) is 26.7 Å². The first-order valence-electron chi connectivity index (χ1n) is 6.48. The third kappa shape index (κ3) is 5.53. The van der Waals surface area contributed by atoms with Crippen LogP contribution in [0.15, 0.2) is 0 Å². The van der Waals surface area contributed by atoms with Gasteiger partial charge in [-0.05, 0) is 44.1 Å². The summed E-state index contributed by atoms with van der Waals surface area (Å²) in [5, 5.41) is 12.3. The number of unbranched alkanes of at least 4 members (excludes halogenated alkanes) is 3.